The van der Waals surface area contributed by atoms with E-state index in [1.807, 2.05) is 24.4 Å². The van der Waals surface area contributed by atoms with Gasteiger partial charge in [-0.3, -0.25) is 4.90 Å². The highest BCUT2D eigenvalue weighted by atomic mass is 32.1. The zero-order valence-electron chi connectivity index (χ0n) is 15.4. The molecule has 4 rings (SSSR count). The zero-order chi connectivity index (χ0) is 18.1. The number of nitrogens with zero attached hydrogens (tertiary/aromatic N) is 4. The molecule has 26 heavy (non-hydrogen) atoms. The lowest BCUT2D eigenvalue weighted by Gasteiger charge is -2.29. The van der Waals surface area contributed by atoms with Crippen molar-refractivity contribution in [3.63, 3.8) is 0 Å². The number of thiophene rings is 1. The van der Waals surface area contributed by atoms with Gasteiger partial charge in [-0.15, -0.1) is 11.3 Å². The molecule has 0 unspecified atom stereocenters. The lowest BCUT2D eigenvalue weighted by atomic mass is 9.96. The number of rotatable bonds is 5. The first kappa shape index (κ1) is 17.4. The van der Waals surface area contributed by atoms with Crippen LogP contribution in [0.2, 0.25) is 0 Å². The summed E-state index contributed by atoms with van der Waals surface area (Å²) in [7, 11) is 0. The minimum atomic E-state index is 0.306. The highest BCUT2D eigenvalue weighted by molar-refractivity contribution is 7.13. The van der Waals surface area contributed by atoms with Crippen LogP contribution in [0.4, 0.5) is 0 Å². The van der Waals surface area contributed by atoms with E-state index < -0.39 is 0 Å². The smallest absolute Gasteiger partial charge is 0.236 e. The maximum absolute atomic E-state index is 5.86. The number of likely N-dealkylation sites (tertiary alicyclic amines) is 1. The van der Waals surface area contributed by atoms with E-state index in [4.69, 9.17) is 13.9 Å². The molecule has 4 heterocycles. The van der Waals surface area contributed by atoms with E-state index >= 15 is 0 Å². The van der Waals surface area contributed by atoms with Crippen molar-refractivity contribution in [3.05, 3.63) is 40.7 Å². The standard InChI is InChI=1S/C19H24N4O2S/c1-12(2)17-21-18(25-22-17)14-6-8-23(9-7-14)11-15-13(3)24-19(20-15)16-5-4-10-26-16/h4-5,10,12,14H,6-9,11H2,1-3H3. The highest BCUT2D eigenvalue weighted by Gasteiger charge is 2.26. The Hall–Kier alpha value is -1.99. The summed E-state index contributed by atoms with van der Waals surface area (Å²) in [6, 6.07) is 4.06. The Bertz CT molecular complexity index is 845. The first-order valence-electron chi connectivity index (χ1n) is 9.16. The monoisotopic (exact) mass is 372 g/mol. The third-order valence-corrected chi connectivity index (χ3v) is 5.77. The predicted molar refractivity (Wildman–Crippen MR) is 100 cm³/mol. The Morgan fingerprint density at radius 2 is 2.08 bits per heavy atom. The van der Waals surface area contributed by atoms with E-state index in [-0.39, 0.29) is 0 Å². The fourth-order valence-corrected chi connectivity index (χ4v) is 3.93. The average Bonchev–Trinajstić information content (AvgIpc) is 3.36. The molecule has 0 N–H and O–H groups in total. The number of hydrogen-bond donors (Lipinski definition) is 0. The molecule has 0 amide bonds. The molecule has 0 bridgehead atoms. The van der Waals surface area contributed by atoms with Crippen molar-refractivity contribution >= 4 is 11.3 Å². The molecule has 0 aliphatic carbocycles. The molecule has 0 atom stereocenters. The van der Waals surface area contributed by atoms with Crippen LogP contribution in [0.15, 0.2) is 26.5 Å². The molecule has 3 aromatic rings. The van der Waals surface area contributed by atoms with Gasteiger partial charge in [0.2, 0.25) is 11.8 Å². The Morgan fingerprint density at radius 3 is 2.73 bits per heavy atom. The summed E-state index contributed by atoms with van der Waals surface area (Å²) in [5, 5.41) is 6.14. The third kappa shape index (κ3) is 3.59. The topological polar surface area (TPSA) is 68.2 Å². The van der Waals surface area contributed by atoms with Crippen molar-refractivity contribution in [2.75, 3.05) is 13.1 Å². The Morgan fingerprint density at radius 1 is 1.27 bits per heavy atom. The summed E-state index contributed by atoms with van der Waals surface area (Å²) in [5.74, 6) is 3.92. The van der Waals surface area contributed by atoms with Crippen molar-refractivity contribution in [2.45, 2.75) is 52.0 Å². The first-order valence-corrected chi connectivity index (χ1v) is 10.0. The molecule has 1 aliphatic rings. The minimum absolute atomic E-state index is 0.306. The van der Waals surface area contributed by atoms with Crippen LogP contribution >= 0.6 is 11.3 Å². The molecular formula is C19H24N4O2S. The van der Waals surface area contributed by atoms with E-state index in [0.717, 1.165) is 66.4 Å². The highest BCUT2D eigenvalue weighted by Crippen LogP contribution is 2.30. The predicted octanol–water partition coefficient (Wildman–Crippen LogP) is 4.60. The summed E-state index contributed by atoms with van der Waals surface area (Å²) in [6.07, 6.45) is 2.07. The van der Waals surface area contributed by atoms with Crippen LogP contribution in [0.5, 0.6) is 0 Å². The van der Waals surface area contributed by atoms with Crippen molar-refractivity contribution in [1.82, 2.24) is 20.0 Å². The van der Waals surface area contributed by atoms with Gasteiger partial charge in [0.05, 0.1) is 10.6 Å². The molecule has 138 valence electrons. The number of aryl methyl sites for hydroxylation is 1. The number of hydrogen-bond acceptors (Lipinski definition) is 7. The second-order valence-corrected chi connectivity index (χ2v) is 8.14. The van der Waals surface area contributed by atoms with Gasteiger partial charge in [-0.05, 0) is 44.3 Å². The lowest BCUT2D eigenvalue weighted by molar-refractivity contribution is 0.185. The molecule has 0 aromatic carbocycles. The lowest BCUT2D eigenvalue weighted by Crippen LogP contribution is -2.32. The number of oxazole rings is 1. The van der Waals surface area contributed by atoms with Crippen molar-refractivity contribution in [3.8, 4) is 10.8 Å². The van der Waals surface area contributed by atoms with E-state index in [1.54, 1.807) is 11.3 Å². The third-order valence-electron chi connectivity index (χ3n) is 4.91. The zero-order valence-corrected chi connectivity index (χ0v) is 16.3. The SMILES string of the molecule is Cc1oc(-c2cccs2)nc1CN1CCC(c2nc(C(C)C)no2)CC1. The van der Waals surface area contributed by atoms with Crippen molar-refractivity contribution in [2.24, 2.45) is 0 Å². The number of aromatic nitrogens is 3. The maximum atomic E-state index is 5.86. The van der Waals surface area contributed by atoms with Gasteiger partial charge in [-0.1, -0.05) is 25.1 Å². The first-order chi connectivity index (χ1) is 12.6. The van der Waals surface area contributed by atoms with Crippen LogP contribution in [0.3, 0.4) is 0 Å². The van der Waals surface area contributed by atoms with E-state index in [0.29, 0.717) is 11.8 Å². The summed E-state index contributed by atoms with van der Waals surface area (Å²) in [6.45, 7) is 9.01. The second-order valence-electron chi connectivity index (χ2n) is 7.20. The summed E-state index contributed by atoms with van der Waals surface area (Å²) < 4.78 is 11.3. The van der Waals surface area contributed by atoms with Gasteiger partial charge in [-0.25, -0.2) is 4.98 Å². The molecule has 1 saturated heterocycles. The van der Waals surface area contributed by atoms with Crippen LogP contribution in [0, 0.1) is 6.92 Å². The number of piperidine rings is 1. The summed E-state index contributed by atoms with van der Waals surface area (Å²) in [4.78, 5) is 12.8. The normalized spacial score (nSPS) is 16.6. The van der Waals surface area contributed by atoms with Gasteiger partial charge in [0.15, 0.2) is 5.82 Å². The maximum Gasteiger partial charge on any atom is 0.236 e. The molecule has 0 saturated carbocycles. The van der Waals surface area contributed by atoms with Gasteiger partial charge < -0.3 is 8.94 Å². The summed E-state index contributed by atoms with van der Waals surface area (Å²) in [5.41, 5.74) is 1.03. The Labute approximate surface area is 157 Å². The molecule has 1 aliphatic heterocycles. The van der Waals surface area contributed by atoms with E-state index in [1.165, 1.54) is 0 Å². The second kappa shape index (κ2) is 7.32. The van der Waals surface area contributed by atoms with Crippen molar-refractivity contribution in [1.29, 1.82) is 0 Å². The molecule has 1 fully saturated rings. The Balaban J connectivity index is 1.36. The fraction of sp³-hybridized carbons (Fsp3) is 0.526. The molecule has 7 heteroatoms. The summed E-state index contributed by atoms with van der Waals surface area (Å²) >= 11 is 1.65. The van der Waals surface area contributed by atoms with Gasteiger partial charge >= 0.3 is 0 Å². The largest absolute Gasteiger partial charge is 0.440 e. The van der Waals surface area contributed by atoms with Crippen LogP contribution < -0.4 is 0 Å². The average molecular weight is 372 g/mol. The van der Waals surface area contributed by atoms with Gasteiger partial charge in [0.25, 0.3) is 0 Å². The molecule has 0 radical (unpaired) electrons. The molecule has 3 aromatic heterocycles. The molecule has 6 nitrogen and oxygen atoms in total. The van der Waals surface area contributed by atoms with Crippen LogP contribution in [0.1, 0.15) is 61.7 Å². The molecule has 0 spiro atoms. The van der Waals surface area contributed by atoms with Gasteiger partial charge in [0, 0.05) is 18.4 Å². The van der Waals surface area contributed by atoms with Crippen molar-refractivity contribution < 1.29 is 8.94 Å². The fourth-order valence-electron chi connectivity index (χ4n) is 3.28. The van der Waals surface area contributed by atoms with E-state index in [2.05, 4.69) is 28.9 Å². The minimum Gasteiger partial charge on any atom is -0.440 e. The van der Waals surface area contributed by atoms with Gasteiger partial charge in [-0.2, -0.15) is 4.98 Å². The van der Waals surface area contributed by atoms with E-state index in [9.17, 15) is 0 Å². The van der Waals surface area contributed by atoms with Crippen LogP contribution in [0.25, 0.3) is 10.8 Å². The molecular weight excluding hydrogens is 348 g/mol. The van der Waals surface area contributed by atoms with Gasteiger partial charge in [0.1, 0.15) is 5.76 Å². The van der Waals surface area contributed by atoms with Crippen LogP contribution in [-0.2, 0) is 6.54 Å². The van der Waals surface area contributed by atoms with Crippen LogP contribution in [-0.4, -0.2) is 33.1 Å². The Kier molecular flexibility index (Phi) is 4.91. The quantitative estimate of drug-likeness (QED) is 0.652.